The van der Waals surface area contributed by atoms with Crippen LogP contribution in [-0.2, 0) is 16.1 Å². The van der Waals surface area contributed by atoms with Gasteiger partial charge in [-0.1, -0.05) is 11.6 Å². The Morgan fingerprint density at radius 3 is 2.69 bits per heavy atom. The summed E-state index contributed by atoms with van der Waals surface area (Å²) < 4.78 is 15.2. The number of fused-ring (bicyclic) bond motifs is 1. The van der Waals surface area contributed by atoms with E-state index in [9.17, 15) is 19.5 Å². The standard InChI is InChI=1S/C20H16ClNO7/c1-2-27-20(26)22-13-4-5-14-11(7-18(24)29-17(14)9-13)10-28-19(25)15-8-12(21)3-6-16(15)23/h3-9,23H,2,10H2,1H3,(H,22,26). The number of phenols is 1. The van der Waals surface area contributed by atoms with Crippen LogP contribution in [-0.4, -0.2) is 23.8 Å². The Kier molecular flexibility index (Phi) is 6.04. The molecule has 0 saturated heterocycles. The third-order valence-electron chi connectivity index (χ3n) is 3.89. The highest BCUT2D eigenvalue weighted by Crippen LogP contribution is 2.25. The molecule has 2 aromatic carbocycles. The van der Waals surface area contributed by atoms with E-state index in [2.05, 4.69) is 5.32 Å². The molecule has 150 valence electrons. The van der Waals surface area contributed by atoms with E-state index in [1.807, 2.05) is 0 Å². The number of aromatic hydroxyl groups is 1. The minimum atomic E-state index is -0.799. The number of rotatable bonds is 5. The van der Waals surface area contributed by atoms with Crippen LogP contribution in [0.2, 0.25) is 5.02 Å². The van der Waals surface area contributed by atoms with Gasteiger partial charge in [0.25, 0.3) is 0 Å². The van der Waals surface area contributed by atoms with Gasteiger partial charge in [0, 0.05) is 33.8 Å². The maximum absolute atomic E-state index is 12.2. The number of esters is 1. The molecule has 0 radical (unpaired) electrons. The van der Waals surface area contributed by atoms with Gasteiger partial charge < -0.3 is 19.0 Å². The highest BCUT2D eigenvalue weighted by atomic mass is 35.5. The first-order valence-electron chi connectivity index (χ1n) is 8.53. The van der Waals surface area contributed by atoms with Crippen molar-refractivity contribution in [1.29, 1.82) is 0 Å². The minimum Gasteiger partial charge on any atom is -0.507 e. The van der Waals surface area contributed by atoms with Gasteiger partial charge in [0.05, 0.1) is 6.61 Å². The molecular weight excluding hydrogens is 402 g/mol. The summed E-state index contributed by atoms with van der Waals surface area (Å²) in [6.45, 7) is 1.65. The van der Waals surface area contributed by atoms with Crippen LogP contribution in [0.4, 0.5) is 10.5 Å². The van der Waals surface area contributed by atoms with Crippen molar-refractivity contribution in [2.24, 2.45) is 0 Å². The Bertz CT molecular complexity index is 1140. The van der Waals surface area contributed by atoms with Crippen molar-refractivity contribution in [3.05, 3.63) is 69.0 Å². The molecule has 0 spiro atoms. The molecule has 3 rings (SSSR count). The fourth-order valence-electron chi connectivity index (χ4n) is 2.60. The molecule has 1 aromatic heterocycles. The van der Waals surface area contributed by atoms with Gasteiger partial charge in [0.2, 0.25) is 0 Å². The maximum atomic E-state index is 12.2. The monoisotopic (exact) mass is 417 g/mol. The number of ether oxygens (including phenoxy) is 2. The van der Waals surface area contributed by atoms with Gasteiger partial charge in [0.15, 0.2) is 0 Å². The quantitative estimate of drug-likeness (QED) is 0.474. The fourth-order valence-corrected chi connectivity index (χ4v) is 2.78. The summed E-state index contributed by atoms with van der Waals surface area (Å²) in [5.74, 6) is -1.07. The van der Waals surface area contributed by atoms with E-state index in [1.54, 1.807) is 19.1 Å². The lowest BCUT2D eigenvalue weighted by molar-refractivity contribution is 0.0470. The number of halogens is 1. The highest BCUT2D eigenvalue weighted by molar-refractivity contribution is 6.31. The van der Waals surface area contributed by atoms with Gasteiger partial charge in [-0.2, -0.15) is 0 Å². The van der Waals surface area contributed by atoms with Crippen LogP contribution >= 0.6 is 11.6 Å². The van der Waals surface area contributed by atoms with Crippen molar-refractivity contribution >= 4 is 40.3 Å². The zero-order valence-electron chi connectivity index (χ0n) is 15.2. The summed E-state index contributed by atoms with van der Waals surface area (Å²) in [5.41, 5.74) is 0.225. The predicted octanol–water partition coefficient (Wildman–Crippen LogP) is 4.08. The molecular formula is C20H16ClNO7. The molecule has 0 aliphatic carbocycles. The average Bonchev–Trinajstić information content (AvgIpc) is 2.67. The molecule has 0 aliphatic rings. The van der Waals surface area contributed by atoms with Crippen molar-refractivity contribution in [2.75, 3.05) is 11.9 Å². The molecule has 0 saturated carbocycles. The lowest BCUT2D eigenvalue weighted by atomic mass is 10.1. The third-order valence-corrected chi connectivity index (χ3v) is 4.12. The summed E-state index contributed by atoms with van der Waals surface area (Å²) in [5, 5.41) is 13.1. The van der Waals surface area contributed by atoms with E-state index in [-0.39, 0.29) is 35.1 Å². The van der Waals surface area contributed by atoms with Gasteiger partial charge in [-0.25, -0.2) is 14.4 Å². The molecule has 29 heavy (non-hydrogen) atoms. The first kappa shape index (κ1) is 20.2. The summed E-state index contributed by atoms with van der Waals surface area (Å²) >= 11 is 5.84. The van der Waals surface area contributed by atoms with Crippen LogP contribution in [0.25, 0.3) is 11.0 Å². The van der Waals surface area contributed by atoms with Crippen molar-refractivity contribution in [3.8, 4) is 5.75 Å². The molecule has 0 bridgehead atoms. The average molecular weight is 418 g/mol. The zero-order valence-corrected chi connectivity index (χ0v) is 16.0. The van der Waals surface area contributed by atoms with Crippen molar-refractivity contribution < 1.29 is 28.6 Å². The Hall–Kier alpha value is -3.52. The summed E-state index contributed by atoms with van der Waals surface area (Å²) in [4.78, 5) is 35.7. The number of benzene rings is 2. The van der Waals surface area contributed by atoms with E-state index >= 15 is 0 Å². The second-order valence-corrected chi connectivity index (χ2v) is 6.32. The van der Waals surface area contributed by atoms with Crippen LogP contribution in [0.3, 0.4) is 0 Å². The van der Waals surface area contributed by atoms with E-state index in [1.165, 1.54) is 30.3 Å². The van der Waals surface area contributed by atoms with Crippen molar-refractivity contribution in [2.45, 2.75) is 13.5 Å². The number of hydrogen-bond donors (Lipinski definition) is 2. The van der Waals surface area contributed by atoms with Crippen LogP contribution < -0.4 is 10.9 Å². The number of amides is 1. The van der Waals surface area contributed by atoms with E-state index in [4.69, 9.17) is 25.5 Å². The number of anilines is 1. The van der Waals surface area contributed by atoms with Gasteiger partial charge in [-0.3, -0.25) is 5.32 Å². The summed E-state index contributed by atoms with van der Waals surface area (Å²) in [6, 6.07) is 9.86. The molecule has 2 N–H and O–H groups in total. The Morgan fingerprint density at radius 2 is 1.93 bits per heavy atom. The first-order valence-corrected chi connectivity index (χ1v) is 8.91. The molecule has 3 aromatic rings. The number of phenolic OH excluding ortho intramolecular Hbond substituents is 1. The fraction of sp³-hybridized carbons (Fsp3) is 0.150. The molecule has 9 heteroatoms. The molecule has 1 heterocycles. The molecule has 0 unspecified atom stereocenters. The number of nitrogens with one attached hydrogen (secondary N) is 1. The smallest absolute Gasteiger partial charge is 0.411 e. The van der Waals surface area contributed by atoms with Crippen molar-refractivity contribution in [3.63, 3.8) is 0 Å². The van der Waals surface area contributed by atoms with E-state index in [0.717, 1.165) is 0 Å². The first-order chi connectivity index (χ1) is 13.9. The molecule has 0 atom stereocenters. The normalized spacial score (nSPS) is 10.6. The lowest BCUT2D eigenvalue weighted by Gasteiger charge is -2.10. The van der Waals surface area contributed by atoms with Crippen LogP contribution in [0.1, 0.15) is 22.8 Å². The maximum Gasteiger partial charge on any atom is 0.411 e. The second kappa shape index (κ2) is 8.66. The number of hydrogen-bond acceptors (Lipinski definition) is 7. The van der Waals surface area contributed by atoms with Gasteiger partial charge in [-0.05, 0) is 37.3 Å². The third kappa shape index (κ3) is 4.85. The van der Waals surface area contributed by atoms with Gasteiger partial charge in [0.1, 0.15) is 23.5 Å². The van der Waals surface area contributed by atoms with Crippen LogP contribution in [0.15, 0.2) is 51.7 Å². The van der Waals surface area contributed by atoms with Crippen LogP contribution in [0, 0.1) is 0 Å². The molecule has 1 amide bonds. The minimum absolute atomic E-state index is 0.0920. The summed E-state index contributed by atoms with van der Waals surface area (Å²) in [6.07, 6.45) is -0.638. The van der Waals surface area contributed by atoms with E-state index in [0.29, 0.717) is 16.6 Å². The van der Waals surface area contributed by atoms with Crippen molar-refractivity contribution in [1.82, 2.24) is 0 Å². The highest BCUT2D eigenvalue weighted by Gasteiger charge is 2.15. The Balaban J connectivity index is 1.83. The zero-order chi connectivity index (χ0) is 21.0. The topological polar surface area (TPSA) is 115 Å². The largest absolute Gasteiger partial charge is 0.507 e. The summed E-state index contributed by atoms with van der Waals surface area (Å²) in [7, 11) is 0. The molecule has 8 nitrogen and oxygen atoms in total. The molecule has 0 fully saturated rings. The van der Waals surface area contributed by atoms with E-state index < -0.39 is 17.7 Å². The SMILES string of the molecule is CCOC(=O)Nc1ccc2c(COC(=O)c3cc(Cl)ccc3O)cc(=O)oc2c1. The Morgan fingerprint density at radius 1 is 1.14 bits per heavy atom. The number of carbonyl (C=O) groups is 2. The van der Waals surface area contributed by atoms with Crippen LogP contribution in [0.5, 0.6) is 5.75 Å². The van der Waals surface area contributed by atoms with Gasteiger partial charge in [-0.15, -0.1) is 0 Å². The lowest BCUT2D eigenvalue weighted by Crippen LogP contribution is -2.13. The second-order valence-electron chi connectivity index (χ2n) is 5.88. The van der Waals surface area contributed by atoms with Gasteiger partial charge >= 0.3 is 17.7 Å². The predicted molar refractivity (Wildman–Crippen MR) is 105 cm³/mol. The molecule has 0 aliphatic heterocycles. The number of carbonyl (C=O) groups excluding carboxylic acids is 2. The Labute approximate surface area is 169 Å².